The molecule has 1 aromatic heterocycles. The van der Waals surface area contributed by atoms with Crippen molar-refractivity contribution in [3.63, 3.8) is 0 Å². The second-order valence-electron chi connectivity index (χ2n) is 6.00. The molecule has 6 nitrogen and oxygen atoms in total. The van der Waals surface area contributed by atoms with Crippen molar-refractivity contribution in [2.75, 3.05) is 6.61 Å². The van der Waals surface area contributed by atoms with Gasteiger partial charge >= 0.3 is 5.97 Å². The van der Waals surface area contributed by atoms with Crippen molar-refractivity contribution in [1.82, 2.24) is 20.2 Å². The zero-order valence-corrected chi connectivity index (χ0v) is 12.8. The van der Waals surface area contributed by atoms with Crippen LogP contribution in [0.5, 0.6) is 0 Å². The molecule has 0 saturated heterocycles. The molecule has 1 aromatic carbocycles. The van der Waals surface area contributed by atoms with Crippen molar-refractivity contribution in [3.8, 4) is 11.4 Å². The van der Waals surface area contributed by atoms with Gasteiger partial charge in [-0.15, -0.1) is 10.2 Å². The second-order valence-corrected chi connectivity index (χ2v) is 6.00. The van der Waals surface area contributed by atoms with Gasteiger partial charge in [0, 0.05) is 5.56 Å². The van der Waals surface area contributed by atoms with E-state index < -0.39 is 0 Å². The van der Waals surface area contributed by atoms with E-state index in [4.69, 9.17) is 4.74 Å². The number of carbonyl (C=O) groups excluding carboxylic acids is 1. The molecule has 0 bridgehead atoms. The highest BCUT2D eigenvalue weighted by molar-refractivity contribution is 5.89. The van der Waals surface area contributed by atoms with Crippen LogP contribution in [0.4, 0.5) is 0 Å². The highest BCUT2D eigenvalue weighted by atomic mass is 16.5. The monoisotopic (exact) mass is 288 g/mol. The topological polar surface area (TPSA) is 69.9 Å². The molecule has 6 heteroatoms. The lowest BCUT2D eigenvalue weighted by atomic mass is 9.97. The molecule has 0 fully saturated rings. The first-order valence-corrected chi connectivity index (χ1v) is 6.94. The number of esters is 1. The van der Waals surface area contributed by atoms with Crippen LogP contribution < -0.4 is 0 Å². The molecule has 0 unspecified atom stereocenters. The smallest absolute Gasteiger partial charge is 0.338 e. The maximum atomic E-state index is 11.6. The van der Waals surface area contributed by atoms with E-state index in [0.717, 1.165) is 5.56 Å². The van der Waals surface area contributed by atoms with Crippen molar-refractivity contribution < 1.29 is 9.53 Å². The Kier molecular flexibility index (Phi) is 4.35. The van der Waals surface area contributed by atoms with Crippen LogP contribution >= 0.6 is 0 Å². The third kappa shape index (κ3) is 4.11. The number of ether oxygens (including phenoxy) is 1. The van der Waals surface area contributed by atoms with Crippen LogP contribution in [0.1, 0.15) is 38.1 Å². The zero-order chi connectivity index (χ0) is 15.5. The summed E-state index contributed by atoms with van der Waals surface area (Å²) in [7, 11) is 0. The Morgan fingerprint density at radius 1 is 1.24 bits per heavy atom. The van der Waals surface area contributed by atoms with Crippen LogP contribution in [0, 0.1) is 5.41 Å². The van der Waals surface area contributed by atoms with Crippen molar-refractivity contribution in [2.45, 2.75) is 34.2 Å². The summed E-state index contributed by atoms with van der Waals surface area (Å²) in [6.45, 7) is 9.19. The van der Waals surface area contributed by atoms with Gasteiger partial charge in [-0.1, -0.05) is 32.9 Å². The summed E-state index contributed by atoms with van der Waals surface area (Å²) >= 11 is 0. The minimum atomic E-state index is -0.326. The van der Waals surface area contributed by atoms with Crippen molar-refractivity contribution >= 4 is 5.97 Å². The fourth-order valence-electron chi connectivity index (χ4n) is 1.82. The molecule has 2 aromatic rings. The Hall–Kier alpha value is -2.24. The predicted molar refractivity (Wildman–Crippen MR) is 78.7 cm³/mol. The lowest BCUT2D eigenvalue weighted by molar-refractivity contribution is 0.0526. The molecule has 2 rings (SSSR count). The van der Waals surface area contributed by atoms with Crippen LogP contribution in [0.25, 0.3) is 11.4 Å². The molecule has 0 saturated carbocycles. The molecule has 1 heterocycles. The summed E-state index contributed by atoms with van der Waals surface area (Å²) in [6.07, 6.45) is 0. The highest BCUT2D eigenvalue weighted by Gasteiger charge is 2.14. The molecule has 21 heavy (non-hydrogen) atoms. The first-order chi connectivity index (χ1) is 9.89. The van der Waals surface area contributed by atoms with Gasteiger partial charge in [-0.05, 0) is 29.7 Å². The summed E-state index contributed by atoms with van der Waals surface area (Å²) in [6, 6.07) is 7.00. The van der Waals surface area contributed by atoms with Gasteiger partial charge in [0.05, 0.1) is 18.7 Å². The van der Waals surface area contributed by atoms with Gasteiger partial charge in [-0.25, -0.2) is 4.79 Å². The van der Waals surface area contributed by atoms with E-state index in [1.807, 2.05) is 0 Å². The molecule has 0 radical (unpaired) electrons. The van der Waals surface area contributed by atoms with E-state index in [0.29, 0.717) is 24.5 Å². The molecule has 112 valence electrons. The second kappa shape index (κ2) is 6.03. The molecule has 0 atom stereocenters. The molecule has 0 aliphatic carbocycles. The zero-order valence-electron chi connectivity index (χ0n) is 12.8. The lowest BCUT2D eigenvalue weighted by Gasteiger charge is -2.15. The molecule has 0 N–H and O–H groups in total. The van der Waals surface area contributed by atoms with Gasteiger partial charge in [0.25, 0.3) is 0 Å². The lowest BCUT2D eigenvalue weighted by Crippen LogP contribution is -2.17. The quantitative estimate of drug-likeness (QED) is 0.809. The summed E-state index contributed by atoms with van der Waals surface area (Å²) in [4.78, 5) is 13.2. The van der Waals surface area contributed by atoms with Gasteiger partial charge in [-0.3, -0.25) is 0 Å². The van der Waals surface area contributed by atoms with Crippen molar-refractivity contribution in [3.05, 3.63) is 29.8 Å². The van der Waals surface area contributed by atoms with E-state index in [1.54, 1.807) is 36.0 Å². The van der Waals surface area contributed by atoms with Crippen molar-refractivity contribution in [2.24, 2.45) is 5.41 Å². The fourth-order valence-corrected chi connectivity index (χ4v) is 1.82. The van der Waals surface area contributed by atoms with E-state index in [-0.39, 0.29) is 11.4 Å². The Morgan fingerprint density at radius 3 is 2.48 bits per heavy atom. The minimum Gasteiger partial charge on any atom is -0.462 e. The molecular weight excluding hydrogens is 268 g/mol. The number of rotatable bonds is 4. The highest BCUT2D eigenvalue weighted by Crippen LogP contribution is 2.18. The number of hydrogen-bond acceptors (Lipinski definition) is 5. The minimum absolute atomic E-state index is 0.0890. The third-order valence-electron chi connectivity index (χ3n) is 2.72. The summed E-state index contributed by atoms with van der Waals surface area (Å²) in [5.74, 6) is 0.225. The molecular formula is C15H20N4O2. The SMILES string of the molecule is CCOC(=O)c1ccc(-c2nnn(CC(C)(C)C)n2)cc1. The summed E-state index contributed by atoms with van der Waals surface area (Å²) in [5.41, 5.74) is 1.43. The van der Waals surface area contributed by atoms with Gasteiger partial charge < -0.3 is 4.74 Å². The van der Waals surface area contributed by atoms with Gasteiger partial charge in [0.15, 0.2) is 0 Å². The van der Waals surface area contributed by atoms with E-state index in [9.17, 15) is 4.79 Å². The standard InChI is InChI=1S/C15H20N4O2/c1-5-21-14(20)12-8-6-11(7-9-12)13-16-18-19(17-13)10-15(2,3)4/h6-9H,5,10H2,1-4H3. The maximum absolute atomic E-state index is 11.6. The van der Waals surface area contributed by atoms with Crippen LogP contribution in [0.2, 0.25) is 0 Å². The van der Waals surface area contributed by atoms with Crippen molar-refractivity contribution in [1.29, 1.82) is 0 Å². The van der Waals surface area contributed by atoms with Gasteiger partial charge in [-0.2, -0.15) is 4.80 Å². The number of carbonyl (C=O) groups is 1. The first kappa shape index (κ1) is 15.2. The molecule has 0 aliphatic heterocycles. The number of benzene rings is 1. The van der Waals surface area contributed by atoms with Crippen LogP contribution in [0.3, 0.4) is 0 Å². The number of hydrogen-bond donors (Lipinski definition) is 0. The number of aromatic nitrogens is 4. The fraction of sp³-hybridized carbons (Fsp3) is 0.467. The third-order valence-corrected chi connectivity index (χ3v) is 2.72. The van der Waals surface area contributed by atoms with Crippen LogP contribution in [-0.4, -0.2) is 32.8 Å². The Balaban J connectivity index is 2.14. The average molecular weight is 288 g/mol. The number of nitrogens with zero attached hydrogens (tertiary/aromatic N) is 4. The number of tetrazole rings is 1. The normalized spacial score (nSPS) is 11.4. The van der Waals surface area contributed by atoms with Gasteiger partial charge in [0.2, 0.25) is 5.82 Å². The predicted octanol–water partition coefficient (Wildman–Crippen LogP) is 2.56. The largest absolute Gasteiger partial charge is 0.462 e. The van der Waals surface area contributed by atoms with Crippen LogP contribution in [-0.2, 0) is 11.3 Å². The summed E-state index contributed by atoms with van der Waals surface area (Å²) in [5, 5.41) is 12.5. The van der Waals surface area contributed by atoms with Gasteiger partial charge in [0.1, 0.15) is 0 Å². The maximum Gasteiger partial charge on any atom is 0.338 e. The van der Waals surface area contributed by atoms with E-state index in [1.165, 1.54) is 0 Å². The average Bonchev–Trinajstić information content (AvgIpc) is 2.85. The Labute approximate surface area is 124 Å². The van der Waals surface area contributed by atoms with E-state index >= 15 is 0 Å². The Bertz CT molecular complexity index is 611. The van der Waals surface area contributed by atoms with Crippen LogP contribution in [0.15, 0.2) is 24.3 Å². The summed E-state index contributed by atoms with van der Waals surface area (Å²) < 4.78 is 4.95. The molecule has 0 spiro atoms. The Morgan fingerprint density at radius 2 is 1.90 bits per heavy atom. The first-order valence-electron chi connectivity index (χ1n) is 6.94. The van der Waals surface area contributed by atoms with E-state index in [2.05, 4.69) is 36.2 Å². The molecule has 0 amide bonds. The molecule has 0 aliphatic rings.